The lowest BCUT2D eigenvalue weighted by Crippen LogP contribution is -2.21. The van der Waals surface area contributed by atoms with Crippen molar-refractivity contribution in [3.8, 4) is 0 Å². The summed E-state index contributed by atoms with van der Waals surface area (Å²) in [6, 6.07) is 9.23. The maximum atomic E-state index is 11.5. The number of aromatic nitrogens is 1. The lowest BCUT2D eigenvalue weighted by molar-refractivity contribution is -0.139. The molecule has 0 spiro atoms. The monoisotopic (exact) mass is 319 g/mol. The lowest BCUT2D eigenvalue weighted by atomic mass is 10.1. The van der Waals surface area contributed by atoms with Crippen molar-refractivity contribution in [3.05, 3.63) is 36.0 Å². The first-order valence-corrected chi connectivity index (χ1v) is 11.3. The molecule has 0 aliphatic carbocycles. The van der Waals surface area contributed by atoms with Crippen molar-refractivity contribution in [1.29, 1.82) is 0 Å². The Morgan fingerprint density at radius 2 is 1.95 bits per heavy atom. The first-order chi connectivity index (χ1) is 10.4. The highest BCUT2D eigenvalue weighted by Crippen LogP contribution is 2.22. The van der Waals surface area contributed by atoms with E-state index in [1.165, 1.54) is 7.11 Å². The fourth-order valence-corrected chi connectivity index (χ4v) is 3.10. The molecule has 0 N–H and O–H groups in total. The van der Waals surface area contributed by atoms with E-state index in [1.54, 1.807) is 0 Å². The van der Waals surface area contributed by atoms with Crippen molar-refractivity contribution < 1.29 is 14.3 Å². The highest BCUT2D eigenvalue weighted by Gasteiger charge is 2.14. The van der Waals surface area contributed by atoms with Crippen LogP contribution in [0, 0.1) is 0 Å². The van der Waals surface area contributed by atoms with Crippen molar-refractivity contribution >= 4 is 24.9 Å². The smallest absolute Gasteiger partial charge is 0.310 e. The minimum atomic E-state index is -1.07. The van der Waals surface area contributed by atoms with Gasteiger partial charge in [0.15, 0.2) is 0 Å². The third-order valence-electron chi connectivity index (χ3n) is 3.66. The van der Waals surface area contributed by atoms with Gasteiger partial charge in [0.05, 0.1) is 19.0 Å². The molecule has 1 aromatic carbocycles. The molecule has 2 rings (SSSR count). The standard InChI is InChI=1S/C17H25NO3Si/c1-20-17(19)11-14-12-18(13-21-9-10-22(2,3)4)16-8-6-5-7-15(14)16/h5-8,12H,9-11,13H2,1-4H3. The quantitative estimate of drug-likeness (QED) is 0.444. The van der Waals surface area contributed by atoms with Gasteiger partial charge in [-0.3, -0.25) is 4.79 Å². The number of nitrogens with zero attached hydrogens (tertiary/aromatic N) is 1. The van der Waals surface area contributed by atoms with E-state index >= 15 is 0 Å². The van der Waals surface area contributed by atoms with E-state index in [9.17, 15) is 4.79 Å². The highest BCUT2D eigenvalue weighted by atomic mass is 28.3. The average Bonchev–Trinajstić information content (AvgIpc) is 2.81. The fraction of sp³-hybridized carbons (Fsp3) is 0.471. The molecule has 0 fully saturated rings. The van der Waals surface area contributed by atoms with Crippen LogP contribution in [-0.4, -0.2) is 32.3 Å². The predicted molar refractivity (Wildman–Crippen MR) is 91.8 cm³/mol. The number of hydrogen-bond donors (Lipinski definition) is 0. The molecule has 1 aromatic heterocycles. The molecule has 1 heterocycles. The van der Waals surface area contributed by atoms with Crippen LogP contribution in [0.5, 0.6) is 0 Å². The Bertz CT molecular complexity index is 643. The van der Waals surface area contributed by atoms with Crippen LogP contribution in [0.1, 0.15) is 5.56 Å². The zero-order chi connectivity index (χ0) is 16.2. The number of benzene rings is 1. The molecule has 0 saturated heterocycles. The van der Waals surface area contributed by atoms with E-state index in [2.05, 4.69) is 30.3 Å². The molecule has 0 radical (unpaired) electrons. The molecule has 22 heavy (non-hydrogen) atoms. The van der Waals surface area contributed by atoms with Gasteiger partial charge in [-0.2, -0.15) is 0 Å². The molecule has 0 saturated carbocycles. The van der Waals surface area contributed by atoms with Crippen LogP contribution in [0.4, 0.5) is 0 Å². The number of para-hydroxylation sites is 1. The summed E-state index contributed by atoms with van der Waals surface area (Å²) < 4.78 is 12.7. The largest absolute Gasteiger partial charge is 0.469 e. The number of carbonyl (C=O) groups excluding carboxylic acids is 1. The zero-order valence-corrected chi connectivity index (χ0v) is 14.9. The van der Waals surface area contributed by atoms with Crippen LogP contribution < -0.4 is 0 Å². The van der Waals surface area contributed by atoms with Crippen LogP contribution in [0.15, 0.2) is 30.5 Å². The van der Waals surface area contributed by atoms with Crippen LogP contribution >= 0.6 is 0 Å². The van der Waals surface area contributed by atoms with E-state index in [0.29, 0.717) is 13.2 Å². The normalized spacial score (nSPS) is 11.8. The second-order valence-electron chi connectivity index (χ2n) is 6.74. The van der Waals surface area contributed by atoms with Gasteiger partial charge in [0.25, 0.3) is 0 Å². The second kappa shape index (κ2) is 7.11. The third-order valence-corrected chi connectivity index (χ3v) is 5.36. The van der Waals surface area contributed by atoms with Crippen molar-refractivity contribution in [1.82, 2.24) is 4.57 Å². The fourth-order valence-electron chi connectivity index (χ4n) is 2.34. The lowest BCUT2D eigenvalue weighted by Gasteiger charge is -2.15. The van der Waals surface area contributed by atoms with Gasteiger partial charge in [-0.25, -0.2) is 0 Å². The maximum Gasteiger partial charge on any atom is 0.310 e. The number of rotatable bonds is 7. The summed E-state index contributed by atoms with van der Waals surface area (Å²) >= 11 is 0. The molecule has 5 heteroatoms. The Labute approximate surface area is 133 Å². The van der Waals surface area contributed by atoms with Crippen molar-refractivity contribution in [2.24, 2.45) is 0 Å². The molecule has 4 nitrogen and oxygen atoms in total. The average molecular weight is 319 g/mol. The van der Waals surface area contributed by atoms with E-state index in [0.717, 1.165) is 29.1 Å². The van der Waals surface area contributed by atoms with Crippen LogP contribution in [0.3, 0.4) is 0 Å². The van der Waals surface area contributed by atoms with Crippen LogP contribution in [0.2, 0.25) is 25.7 Å². The van der Waals surface area contributed by atoms with Crippen LogP contribution in [-0.2, 0) is 27.4 Å². The number of carbonyl (C=O) groups is 1. The number of ether oxygens (including phenoxy) is 2. The van der Waals surface area contributed by atoms with Crippen molar-refractivity contribution in [2.75, 3.05) is 13.7 Å². The van der Waals surface area contributed by atoms with Gasteiger partial charge >= 0.3 is 5.97 Å². The molecule has 0 amide bonds. The minimum absolute atomic E-state index is 0.220. The Morgan fingerprint density at radius 1 is 1.23 bits per heavy atom. The van der Waals surface area contributed by atoms with Gasteiger partial charge in [-0.1, -0.05) is 37.8 Å². The van der Waals surface area contributed by atoms with Gasteiger partial charge < -0.3 is 14.0 Å². The number of methoxy groups -OCH3 is 1. The van der Waals surface area contributed by atoms with Gasteiger partial charge in [0.2, 0.25) is 0 Å². The maximum absolute atomic E-state index is 11.5. The summed E-state index contributed by atoms with van der Waals surface area (Å²) in [5, 5.41) is 1.08. The summed E-state index contributed by atoms with van der Waals surface area (Å²) in [6.45, 7) is 8.34. The molecule has 0 atom stereocenters. The van der Waals surface area contributed by atoms with Crippen molar-refractivity contribution in [2.45, 2.75) is 38.8 Å². The molecule has 0 aliphatic heterocycles. The Morgan fingerprint density at radius 3 is 2.64 bits per heavy atom. The molecule has 0 aliphatic rings. The summed E-state index contributed by atoms with van der Waals surface area (Å²) in [4.78, 5) is 11.5. The Hall–Kier alpha value is -1.59. The van der Waals surface area contributed by atoms with Crippen LogP contribution in [0.25, 0.3) is 10.9 Å². The third kappa shape index (κ3) is 4.45. The molecule has 120 valence electrons. The molecular weight excluding hydrogens is 294 g/mol. The van der Waals surface area contributed by atoms with E-state index < -0.39 is 8.07 Å². The Kier molecular flexibility index (Phi) is 5.42. The zero-order valence-electron chi connectivity index (χ0n) is 13.9. The molecule has 0 unspecified atom stereocenters. The SMILES string of the molecule is COC(=O)Cc1cn(COCC[Si](C)(C)C)c2ccccc12. The number of esters is 1. The summed E-state index contributed by atoms with van der Waals surface area (Å²) in [6.07, 6.45) is 2.29. The number of hydrogen-bond acceptors (Lipinski definition) is 3. The number of fused-ring (bicyclic) bond motifs is 1. The topological polar surface area (TPSA) is 40.5 Å². The Balaban J connectivity index is 2.11. The predicted octanol–water partition coefficient (Wildman–Crippen LogP) is 3.67. The summed E-state index contributed by atoms with van der Waals surface area (Å²) in [7, 11) is 0.352. The summed E-state index contributed by atoms with van der Waals surface area (Å²) in [5.41, 5.74) is 2.07. The highest BCUT2D eigenvalue weighted by molar-refractivity contribution is 6.76. The molecule has 0 bridgehead atoms. The first-order valence-electron chi connectivity index (χ1n) is 7.62. The van der Waals surface area contributed by atoms with Crippen molar-refractivity contribution in [3.63, 3.8) is 0 Å². The first kappa shape index (κ1) is 16.8. The van der Waals surface area contributed by atoms with E-state index in [-0.39, 0.29) is 5.97 Å². The molecule has 2 aromatic rings. The van der Waals surface area contributed by atoms with Gasteiger partial charge in [-0.15, -0.1) is 0 Å². The summed E-state index contributed by atoms with van der Waals surface area (Å²) in [5.74, 6) is -0.220. The molecular formula is C17H25NO3Si. The van der Waals surface area contributed by atoms with E-state index in [1.807, 2.05) is 24.4 Å². The minimum Gasteiger partial charge on any atom is -0.469 e. The van der Waals surface area contributed by atoms with Gasteiger partial charge in [-0.05, 0) is 17.7 Å². The van der Waals surface area contributed by atoms with Gasteiger partial charge in [0, 0.05) is 26.3 Å². The van der Waals surface area contributed by atoms with E-state index in [4.69, 9.17) is 9.47 Å². The second-order valence-corrected chi connectivity index (χ2v) is 12.4. The van der Waals surface area contributed by atoms with Gasteiger partial charge in [0.1, 0.15) is 6.73 Å².